The van der Waals surface area contributed by atoms with Crippen molar-refractivity contribution in [3.8, 4) is 0 Å². The van der Waals surface area contributed by atoms with E-state index in [1.165, 1.54) is 0 Å². The van der Waals surface area contributed by atoms with Crippen molar-refractivity contribution in [3.05, 3.63) is 0 Å². The van der Waals surface area contributed by atoms with Crippen molar-refractivity contribution in [3.63, 3.8) is 0 Å². The van der Waals surface area contributed by atoms with Crippen LogP contribution in [-0.4, -0.2) is 15.3 Å². The summed E-state index contributed by atoms with van der Waals surface area (Å²) in [5, 5.41) is 0. The van der Waals surface area contributed by atoms with Crippen molar-refractivity contribution < 1.29 is 230 Å². The molecule has 0 N–H and O–H groups in total. The van der Waals surface area contributed by atoms with E-state index in [-0.39, 0.29) is 206 Å². The van der Waals surface area contributed by atoms with E-state index < -0.39 is 9.05 Å². The van der Waals surface area contributed by atoms with E-state index in [9.17, 15) is 4.79 Å². The van der Waals surface area contributed by atoms with E-state index >= 15 is 0 Å². The topological polar surface area (TPSA) is 109 Å². The summed E-state index contributed by atoms with van der Waals surface area (Å²) in [7, 11) is -5.61. The minimum Gasteiger partial charge on any atom is -0.894 e. The van der Waals surface area contributed by atoms with Crippen LogP contribution in [0.25, 0.3) is 0 Å². The molecule has 0 saturated carbocycles. The summed E-state index contributed by atoms with van der Waals surface area (Å²) in [5.41, 5.74) is 0. The third-order valence-electron chi connectivity index (χ3n) is 0.167. The Morgan fingerprint density at radius 3 is 1.08 bits per heavy atom. The Morgan fingerprint density at radius 1 is 1.00 bits per heavy atom. The van der Waals surface area contributed by atoms with Gasteiger partial charge < -0.3 is 33.0 Å². The molecule has 0 rings (SSSR count). The van der Waals surface area contributed by atoms with Crippen molar-refractivity contribution in [2.45, 2.75) is 13.3 Å². The fraction of sp³-hybridized carbons (Fsp3) is 0.667. The Bertz CT molecular complexity index is 72.7. The molecule has 5 nitrogen and oxygen atoms in total. The smallest absolute Gasteiger partial charge is 0.894 e. The fourth-order valence-electron chi connectivity index (χ4n) is 0. The molecule has 0 radical (unpaired) electrons. The van der Waals surface area contributed by atoms with Crippen LogP contribution in [0.2, 0.25) is 0 Å². The molecule has 0 aliphatic heterocycles. The van der Waals surface area contributed by atoms with Gasteiger partial charge in [0.2, 0.25) is 0 Å². The molecule has 0 spiro atoms. The average Bonchev–Trinajstić information content (AvgIpc) is 1.61. The first-order valence-electron chi connectivity index (χ1n) is 2.17. The third-order valence-corrected chi connectivity index (χ3v) is 0.167. The molecule has 0 aliphatic carbocycles. The van der Waals surface area contributed by atoms with Crippen molar-refractivity contribution in [2.75, 3.05) is 0 Å². The molecule has 13 heavy (non-hydrogen) atoms. The average molecular weight is 307 g/mol. The largest absolute Gasteiger partial charge is 1.00 e. The molecule has 0 aromatic heterocycles. The quantitative estimate of drug-likeness (QED) is 0.353. The second-order valence-corrected chi connectivity index (χ2v) is 2.07. The number of hydrogen-bond donors (Lipinski definition) is 0. The maximum Gasteiger partial charge on any atom is 1.00 e. The van der Waals surface area contributed by atoms with Crippen LogP contribution in [0, 0.1) is 0 Å². The standard InChI is InChI=1S/C3H6O.4K.O4Si/c1-2-3-4;;;;;1-5(2,3)4/h3H,2H2,1H3;;;;;/q;4*+1;-4. The van der Waals surface area contributed by atoms with Crippen molar-refractivity contribution in [1.29, 1.82) is 0 Å². The van der Waals surface area contributed by atoms with Crippen molar-refractivity contribution >= 4 is 15.3 Å². The van der Waals surface area contributed by atoms with Gasteiger partial charge in [0.25, 0.3) is 0 Å². The third kappa shape index (κ3) is 91.5. The van der Waals surface area contributed by atoms with E-state index in [4.69, 9.17) is 19.2 Å². The number of rotatable bonds is 1. The first-order valence-corrected chi connectivity index (χ1v) is 3.80. The molecule has 0 aromatic rings. The van der Waals surface area contributed by atoms with E-state index in [0.29, 0.717) is 6.42 Å². The molecule has 0 unspecified atom stereocenters. The second-order valence-electron chi connectivity index (χ2n) is 1.07. The van der Waals surface area contributed by atoms with Gasteiger partial charge in [0.05, 0.1) is 0 Å². The zero-order valence-corrected chi connectivity index (χ0v) is 22.3. The van der Waals surface area contributed by atoms with Crippen LogP contribution >= 0.6 is 0 Å². The van der Waals surface area contributed by atoms with Gasteiger partial charge in [0.1, 0.15) is 6.29 Å². The number of carbonyl (C=O) groups excluding carboxylic acids is 1. The first-order chi connectivity index (χ1) is 3.91. The molecule has 0 atom stereocenters. The van der Waals surface area contributed by atoms with E-state index in [2.05, 4.69) is 0 Å². The van der Waals surface area contributed by atoms with E-state index in [1.807, 2.05) is 6.92 Å². The molecular formula is C3H6K4O5Si. The molecule has 0 saturated heterocycles. The van der Waals surface area contributed by atoms with Gasteiger partial charge in [-0.2, -0.15) is 0 Å². The molecule has 0 bridgehead atoms. The molecule has 56 valence electrons. The molecule has 0 amide bonds. The minimum atomic E-state index is -5.61. The zero-order valence-electron chi connectivity index (χ0n) is 8.83. The summed E-state index contributed by atoms with van der Waals surface area (Å²) >= 11 is 0. The molecule has 0 aromatic carbocycles. The first kappa shape index (κ1) is 36.5. The summed E-state index contributed by atoms with van der Waals surface area (Å²) in [4.78, 5) is 43.5. The van der Waals surface area contributed by atoms with Crippen LogP contribution in [0.3, 0.4) is 0 Å². The Labute approximate surface area is 249 Å². The van der Waals surface area contributed by atoms with Gasteiger partial charge in [0, 0.05) is 6.42 Å². The van der Waals surface area contributed by atoms with Crippen LogP contribution in [-0.2, 0) is 4.79 Å². The van der Waals surface area contributed by atoms with Crippen LogP contribution in [0.1, 0.15) is 13.3 Å². The Kier molecular flexibility index (Phi) is 75.2. The van der Waals surface area contributed by atoms with Crippen molar-refractivity contribution in [2.24, 2.45) is 0 Å². The van der Waals surface area contributed by atoms with Crippen LogP contribution in [0.15, 0.2) is 0 Å². The second kappa shape index (κ2) is 26.8. The summed E-state index contributed by atoms with van der Waals surface area (Å²) in [6, 6.07) is 0. The molecule has 0 heterocycles. The van der Waals surface area contributed by atoms with Gasteiger partial charge >= 0.3 is 206 Å². The molecule has 0 fully saturated rings. The van der Waals surface area contributed by atoms with Gasteiger partial charge in [-0.3, -0.25) is 0 Å². The monoisotopic (exact) mass is 306 g/mol. The molecular weight excluding hydrogens is 301 g/mol. The Balaban J connectivity index is -0.0000000146. The van der Waals surface area contributed by atoms with Gasteiger partial charge in [-0.05, 0) is 0 Å². The van der Waals surface area contributed by atoms with E-state index in [0.717, 1.165) is 6.29 Å². The molecule has 0 aliphatic rings. The maximum atomic E-state index is 9.17. The number of hydrogen-bond acceptors (Lipinski definition) is 5. The van der Waals surface area contributed by atoms with Gasteiger partial charge in [-0.15, -0.1) is 0 Å². The fourth-order valence-corrected chi connectivity index (χ4v) is 0. The predicted octanol–water partition coefficient (Wildman–Crippen LogP) is -16.5. The van der Waals surface area contributed by atoms with Crippen LogP contribution < -0.4 is 225 Å². The normalized spacial score (nSPS) is 6.54. The van der Waals surface area contributed by atoms with E-state index in [1.54, 1.807) is 0 Å². The number of aldehydes is 1. The van der Waals surface area contributed by atoms with Gasteiger partial charge in [-0.1, -0.05) is 6.92 Å². The summed E-state index contributed by atoms with van der Waals surface area (Å²) in [6.45, 7) is 1.81. The summed E-state index contributed by atoms with van der Waals surface area (Å²) in [6.07, 6.45) is 1.51. The zero-order chi connectivity index (χ0) is 7.91. The summed E-state index contributed by atoms with van der Waals surface area (Å²) in [5.74, 6) is 0. The SMILES string of the molecule is CCC=O.[K+].[K+].[K+].[K+].[O-][Si]([O-])([O-])[O-]. The molecule has 10 heteroatoms. The van der Waals surface area contributed by atoms with Crippen molar-refractivity contribution in [1.82, 2.24) is 0 Å². The summed E-state index contributed by atoms with van der Waals surface area (Å²) < 4.78 is 0. The van der Waals surface area contributed by atoms with Gasteiger partial charge in [0.15, 0.2) is 0 Å². The Hall–Kier alpha value is 6.27. The Morgan fingerprint density at radius 2 is 1.08 bits per heavy atom. The van der Waals surface area contributed by atoms with Crippen LogP contribution in [0.4, 0.5) is 0 Å². The predicted molar refractivity (Wildman–Crippen MR) is 22.1 cm³/mol. The van der Waals surface area contributed by atoms with Gasteiger partial charge in [-0.25, -0.2) is 0 Å². The minimum absolute atomic E-state index is 0. The van der Waals surface area contributed by atoms with Crippen LogP contribution in [0.5, 0.6) is 0 Å². The maximum absolute atomic E-state index is 9.17. The number of carbonyl (C=O) groups is 1.